The van der Waals surface area contributed by atoms with E-state index < -0.39 is 0 Å². The van der Waals surface area contributed by atoms with E-state index in [4.69, 9.17) is 19.9 Å². The number of hydrogen-bond acceptors (Lipinski definition) is 9. The predicted molar refractivity (Wildman–Crippen MR) is 127 cm³/mol. The number of benzene rings is 1. The maximum Gasteiger partial charge on any atom is 0.217 e. The van der Waals surface area contributed by atoms with Gasteiger partial charge in [-0.05, 0) is 19.1 Å². The summed E-state index contributed by atoms with van der Waals surface area (Å²) in [4.78, 5) is 9.21. The number of nitrogens with zero attached hydrogens (tertiary/aromatic N) is 4. The highest BCUT2D eigenvalue weighted by atomic mass is 16.5. The van der Waals surface area contributed by atoms with Crippen LogP contribution in [-0.4, -0.2) is 81.9 Å². The third kappa shape index (κ3) is 6.32. The fraction of sp³-hybridized carbons (Fsp3) is 0.478. The molecular formula is C23H32N6O3. The zero-order valence-corrected chi connectivity index (χ0v) is 18.6. The largest absolute Gasteiger partial charge is 0.476 e. The Morgan fingerprint density at radius 1 is 1.09 bits per heavy atom. The van der Waals surface area contributed by atoms with Gasteiger partial charge in [-0.2, -0.15) is 10.1 Å². The monoisotopic (exact) mass is 440 g/mol. The molecule has 172 valence electrons. The van der Waals surface area contributed by atoms with E-state index in [0.29, 0.717) is 37.2 Å². The summed E-state index contributed by atoms with van der Waals surface area (Å²) in [5, 5.41) is 4.36. The molecule has 0 unspecified atom stereocenters. The van der Waals surface area contributed by atoms with E-state index in [9.17, 15) is 0 Å². The lowest BCUT2D eigenvalue weighted by Crippen LogP contribution is -2.38. The molecule has 0 radical (unpaired) electrons. The first kappa shape index (κ1) is 22.3. The number of pyridine rings is 1. The lowest BCUT2D eigenvalue weighted by Gasteiger charge is -2.29. The molecule has 2 aromatic rings. The molecule has 0 saturated carbocycles. The second kappa shape index (κ2) is 11.1. The molecule has 32 heavy (non-hydrogen) atoms. The molecule has 2 aliphatic rings. The van der Waals surface area contributed by atoms with Gasteiger partial charge in [-0.15, -0.1) is 0 Å². The van der Waals surface area contributed by atoms with Gasteiger partial charge in [0.05, 0.1) is 32.6 Å². The number of morpholine rings is 2. The second-order valence-electron chi connectivity index (χ2n) is 7.95. The summed E-state index contributed by atoms with van der Waals surface area (Å²) in [5.41, 5.74) is 12.8. The Hall–Kier alpha value is -2.88. The number of rotatable bonds is 8. The molecule has 3 N–H and O–H groups in total. The minimum atomic E-state index is 0.572. The number of hydrogen-bond donors (Lipinski definition) is 2. The van der Waals surface area contributed by atoms with E-state index >= 15 is 0 Å². The summed E-state index contributed by atoms with van der Waals surface area (Å²) in [6, 6.07) is 9.83. The van der Waals surface area contributed by atoms with E-state index in [0.717, 1.165) is 62.8 Å². The predicted octanol–water partition coefficient (Wildman–Crippen LogP) is 1.97. The minimum absolute atomic E-state index is 0.572. The van der Waals surface area contributed by atoms with Crippen LogP contribution in [0.2, 0.25) is 0 Å². The fourth-order valence-corrected chi connectivity index (χ4v) is 3.70. The Labute approximate surface area is 189 Å². The summed E-state index contributed by atoms with van der Waals surface area (Å²) < 4.78 is 16.9. The van der Waals surface area contributed by atoms with Crippen LogP contribution in [0.15, 0.2) is 35.4 Å². The molecule has 4 rings (SSSR count). The van der Waals surface area contributed by atoms with Crippen LogP contribution in [0.25, 0.3) is 0 Å². The number of aromatic nitrogens is 1. The number of nitrogens with two attached hydrogens (primary N) is 1. The molecule has 0 amide bonds. The van der Waals surface area contributed by atoms with Gasteiger partial charge >= 0.3 is 0 Å². The zero-order chi connectivity index (χ0) is 22.2. The first-order valence-electron chi connectivity index (χ1n) is 11.1. The number of aryl methyl sites for hydroxylation is 1. The summed E-state index contributed by atoms with van der Waals surface area (Å²) in [7, 11) is 0. The Kier molecular flexibility index (Phi) is 7.76. The maximum atomic E-state index is 6.05. The van der Waals surface area contributed by atoms with Gasteiger partial charge in [0.15, 0.2) is 5.82 Å². The SMILES string of the molecule is Cc1ccc(N)c(/C=N/Nc2cc(N3CCOCC3)cc(OCCN3CCOCC3)n2)c1. The fourth-order valence-electron chi connectivity index (χ4n) is 3.70. The normalized spacial score (nSPS) is 17.6. The molecule has 0 aliphatic carbocycles. The van der Waals surface area contributed by atoms with Crippen molar-refractivity contribution in [2.45, 2.75) is 6.92 Å². The number of nitrogens with one attached hydrogen (secondary N) is 1. The van der Waals surface area contributed by atoms with E-state index in [2.05, 4.69) is 25.3 Å². The van der Waals surface area contributed by atoms with E-state index in [1.165, 1.54) is 0 Å². The van der Waals surface area contributed by atoms with Gasteiger partial charge in [0.2, 0.25) is 5.88 Å². The molecular weight excluding hydrogens is 408 g/mol. The Bertz CT molecular complexity index is 911. The van der Waals surface area contributed by atoms with Crippen molar-refractivity contribution in [3.63, 3.8) is 0 Å². The minimum Gasteiger partial charge on any atom is -0.476 e. The summed E-state index contributed by atoms with van der Waals surface area (Å²) in [6.45, 7) is 9.97. The van der Waals surface area contributed by atoms with Crippen molar-refractivity contribution >= 4 is 23.4 Å². The third-order valence-electron chi connectivity index (χ3n) is 5.55. The Morgan fingerprint density at radius 2 is 1.84 bits per heavy atom. The van der Waals surface area contributed by atoms with Crippen LogP contribution in [0, 0.1) is 6.92 Å². The van der Waals surface area contributed by atoms with Gasteiger partial charge in [-0.3, -0.25) is 10.3 Å². The van der Waals surface area contributed by atoms with Crippen molar-refractivity contribution in [2.75, 3.05) is 81.8 Å². The van der Waals surface area contributed by atoms with E-state index in [-0.39, 0.29) is 0 Å². The highest BCUT2D eigenvalue weighted by Crippen LogP contribution is 2.25. The second-order valence-corrected chi connectivity index (χ2v) is 7.95. The van der Waals surface area contributed by atoms with Crippen LogP contribution in [0.1, 0.15) is 11.1 Å². The van der Waals surface area contributed by atoms with Crippen molar-refractivity contribution < 1.29 is 14.2 Å². The Morgan fingerprint density at radius 3 is 2.62 bits per heavy atom. The molecule has 9 nitrogen and oxygen atoms in total. The molecule has 1 aromatic carbocycles. The molecule has 2 aliphatic heterocycles. The smallest absolute Gasteiger partial charge is 0.217 e. The van der Waals surface area contributed by atoms with Crippen molar-refractivity contribution in [3.8, 4) is 5.88 Å². The van der Waals surface area contributed by atoms with Crippen LogP contribution in [-0.2, 0) is 9.47 Å². The van der Waals surface area contributed by atoms with Crippen molar-refractivity contribution in [1.82, 2.24) is 9.88 Å². The molecule has 0 bridgehead atoms. The molecule has 2 fully saturated rings. The first-order valence-corrected chi connectivity index (χ1v) is 11.1. The molecule has 1 aromatic heterocycles. The van der Waals surface area contributed by atoms with Crippen LogP contribution < -0.4 is 20.8 Å². The number of ether oxygens (including phenoxy) is 3. The van der Waals surface area contributed by atoms with Crippen LogP contribution >= 0.6 is 0 Å². The molecule has 0 atom stereocenters. The van der Waals surface area contributed by atoms with Crippen LogP contribution in [0.3, 0.4) is 0 Å². The summed E-state index contributed by atoms with van der Waals surface area (Å²) in [5.74, 6) is 1.20. The topological polar surface area (TPSA) is 97.5 Å². The van der Waals surface area contributed by atoms with Gasteiger partial charge in [-0.1, -0.05) is 11.6 Å². The highest BCUT2D eigenvalue weighted by Gasteiger charge is 2.15. The summed E-state index contributed by atoms with van der Waals surface area (Å²) >= 11 is 0. The molecule has 9 heteroatoms. The number of anilines is 3. The van der Waals surface area contributed by atoms with Crippen molar-refractivity contribution in [2.24, 2.45) is 5.10 Å². The molecule has 0 spiro atoms. The first-order chi connectivity index (χ1) is 15.7. The van der Waals surface area contributed by atoms with Crippen LogP contribution in [0.4, 0.5) is 17.2 Å². The zero-order valence-electron chi connectivity index (χ0n) is 18.6. The van der Waals surface area contributed by atoms with Gasteiger partial charge in [0.1, 0.15) is 6.61 Å². The Balaban J connectivity index is 1.44. The lowest BCUT2D eigenvalue weighted by molar-refractivity contribution is 0.0320. The van der Waals surface area contributed by atoms with Crippen LogP contribution in [0.5, 0.6) is 5.88 Å². The van der Waals surface area contributed by atoms with Gasteiger partial charge in [-0.25, -0.2) is 0 Å². The van der Waals surface area contributed by atoms with Crippen molar-refractivity contribution in [3.05, 3.63) is 41.5 Å². The van der Waals surface area contributed by atoms with E-state index in [1.54, 1.807) is 6.21 Å². The number of hydrazone groups is 1. The third-order valence-corrected chi connectivity index (χ3v) is 5.55. The van der Waals surface area contributed by atoms with Gasteiger partial charge in [0.25, 0.3) is 0 Å². The van der Waals surface area contributed by atoms with E-state index in [1.807, 2.05) is 37.3 Å². The van der Waals surface area contributed by atoms with Gasteiger partial charge in [0, 0.05) is 61.8 Å². The highest BCUT2D eigenvalue weighted by molar-refractivity contribution is 5.87. The van der Waals surface area contributed by atoms with Gasteiger partial charge < -0.3 is 24.8 Å². The van der Waals surface area contributed by atoms with Crippen molar-refractivity contribution in [1.29, 1.82) is 0 Å². The lowest BCUT2D eigenvalue weighted by atomic mass is 10.1. The standard InChI is InChI=1S/C23H32N6O3/c1-18-2-3-21(24)19(14-18)17-25-27-22-15-20(29-7-11-31-12-8-29)16-23(26-22)32-13-6-28-4-9-30-10-5-28/h2-3,14-17H,4-13,24H2,1H3,(H,26,27)/b25-17+. The quantitative estimate of drug-likeness (QED) is 0.365. The number of nitrogen functional groups attached to an aromatic ring is 1. The molecule has 3 heterocycles. The average Bonchev–Trinajstić information content (AvgIpc) is 2.82. The average molecular weight is 441 g/mol. The molecule has 2 saturated heterocycles. The maximum absolute atomic E-state index is 6.05. The summed E-state index contributed by atoms with van der Waals surface area (Å²) in [6.07, 6.45) is 1.71.